The predicted octanol–water partition coefficient (Wildman–Crippen LogP) is 3.11. The molecule has 0 heterocycles. The zero-order chi connectivity index (χ0) is 13.0. The van der Waals surface area contributed by atoms with Gasteiger partial charge in [0, 0.05) is 7.11 Å². The SMILES string of the molecule is CCC(C(C)OP(=O)(OC)ON)C(C)(C)C. The van der Waals surface area contributed by atoms with Gasteiger partial charge in [-0.2, -0.15) is 0 Å². The van der Waals surface area contributed by atoms with Crippen molar-refractivity contribution >= 4 is 7.82 Å². The Hall–Kier alpha value is 0.0700. The molecule has 6 heteroatoms. The third-order valence-electron chi connectivity index (χ3n) is 2.77. The van der Waals surface area contributed by atoms with E-state index in [0.29, 0.717) is 0 Å². The molecule has 3 unspecified atom stereocenters. The molecule has 0 radical (unpaired) electrons. The average molecular weight is 253 g/mol. The van der Waals surface area contributed by atoms with Crippen molar-refractivity contribution in [1.29, 1.82) is 0 Å². The molecule has 0 aromatic rings. The van der Waals surface area contributed by atoms with Gasteiger partial charge in [0.05, 0.1) is 6.10 Å². The Morgan fingerprint density at radius 1 is 1.38 bits per heavy atom. The van der Waals surface area contributed by atoms with E-state index in [1.165, 1.54) is 7.11 Å². The molecule has 0 aliphatic carbocycles. The molecule has 5 nitrogen and oxygen atoms in total. The number of hydrogen-bond acceptors (Lipinski definition) is 5. The molecule has 16 heavy (non-hydrogen) atoms. The topological polar surface area (TPSA) is 70.8 Å². The summed E-state index contributed by atoms with van der Waals surface area (Å²) in [5.41, 5.74) is 0.0569. The van der Waals surface area contributed by atoms with E-state index < -0.39 is 7.82 Å². The lowest BCUT2D eigenvalue weighted by Crippen LogP contribution is -2.31. The quantitative estimate of drug-likeness (QED) is 0.581. The van der Waals surface area contributed by atoms with Crippen LogP contribution in [0.1, 0.15) is 41.0 Å². The minimum absolute atomic E-state index is 0.0569. The van der Waals surface area contributed by atoms with Crippen LogP contribution in [0.2, 0.25) is 0 Å². The van der Waals surface area contributed by atoms with Crippen LogP contribution in [0, 0.1) is 11.3 Å². The van der Waals surface area contributed by atoms with Crippen LogP contribution in [-0.2, 0) is 18.2 Å². The highest BCUT2D eigenvalue weighted by Gasteiger charge is 2.35. The van der Waals surface area contributed by atoms with Crippen molar-refractivity contribution in [2.24, 2.45) is 17.2 Å². The minimum atomic E-state index is -3.60. The van der Waals surface area contributed by atoms with Crippen molar-refractivity contribution in [3.63, 3.8) is 0 Å². The standard InChI is InChI=1S/C10H24NO4P/c1-7-9(10(3,4)5)8(2)14-16(12,13-6)15-11/h8-9H,7,11H2,1-6H3. The molecular formula is C10H24NO4P. The molecule has 0 saturated heterocycles. The second-order valence-corrected chi connectivity index (χ2v) is 6.61. The molecule has 0 bridgehead atoms. The van der Waals surface area contributed by atoms with Gasteiger partial charge in [0.15, 0.2) is 0 Å². The zero-order valence-corrected chi connectivity index (χ0v) is 11.9. The lowest BCUT2D eigenvalue weighted by molar-refractivity contribution is 0.0304. The Morgan fingerprint density at radius 3 is 2.12 bits per heavy atom. The summed E-state index contributed by atoms with van der Waals surface area (Å²) in [7, 11) is -2.35. The lowest BCUT2D eigenvalue weighted by Gasteiger charge is -2.35. The number of nitrogens with two attached hydrogens (primary N) is 1. The monoisotopic (exact) mass is 253 g/mol. The van der Waals surface area contributed by atoms with Crippen molar-refractivity contribution in [2.75, 3.05) is 7.11 Å². The van der Waals surface area contributed by atoms with Gasteiger partial charge in [-0.1, -0.05) is 34.1 Å². The summed E-state index contributed by atoms with van der Waals surface area (Å²) in [5, 5.41) is 0. The van der Waals surface area contributed by atoms with Gasteiger partial charge in [-0.05, 0) is 18.3 Å². The van der Waals surface area contributed by atoms with Crippen LogP contribution in [0.5, 0.6) is 0 Å². The molecule has 0 aromatic carbocycles. The fourth-order valence-corrected chi connectivity index (χ4v) is 2.81. The van der Waals surface area contributed by atoms with Crippen LogP contribution in [0.3, 0.4) is 0 Å². The van der Waals surface area contributed by atoms with Gasteiger partial charge in [-0.15, -0.1) is 0 Å². The Bertz CT molecular complexity index is 244. The van der Waals surface area contributed by atoms with Crippen LogP contribution in [-0.4, -0.2) is 13.2 Å². The number of phosphoric acid groups is 1. The first-order chi connectivity index (χ1) is 7.20. The highest BCUT2D eigenvalue weighted by atomic mass is 31.2. The van der Waals surface area contributed by atoms with Crippen molar-refractivity contribution in [2.45, 2.75) is 47.1 Å². The van der Waals surface area contributed by atoms with E-state index >= 15 is 0 Å². The summed E-state index contributed by atoms with van der Waals surface area (Å²) in [6.45, 7) is 10.3. The van der Waals surface area contributed by atoms with Crippen molar-refractivity contribution in [3.8, 4) is 0 Å². The molecular weight excluding hydrogens is 229 g/mol. The first kappa shape index (κ1) is 16.1. The predicted molar refractivity (Wildman–Crippen MR) is 63.7 cm³/mol. The van der Waals surface area contributed by atoms with E-state index in [2.05, 4.69) is 36.8 Å². The van der Waals surface area contributed by atoms with E-state index in [-0.39, 0.29) is 17.4 Å². The number of phosphoric ester groups is 1. The van der Waals surface area contributed by atoms with Gasteiger partial charge in [-0.3, -0.25) is 9.05 Å². The zero-order valence-electron chi connectivity index (χ0n) is 11.0. The fourth-order valence-electron chi connectivity index (χ4n) is 2.04. The van der Waals surface area contributed by atoms with Gasteiger partial charge in [0.1, 0.15) is 0 Å². The average Bonchev–Trinajstić information content (AvgIpc) is 2.16. The van der Waals surface area contributed by atoms with Gasteiger partial charge in [0.2, 0.25) is 0 Å². The summed E-state index contributed by atoms with van der Waals surface area (Å²) < 4.78 is 25.9. The van der Waals surface area contributed by atoms with E-state index in [0.717, 1.165) is 6.42 Å². The summed E-state index contributed by atoms with van der Waals surface area (Å²) in [5.74, 6) is 5.15. The van der Waals surface area contributed by atoms with Crippen LogP contribution in [0.25, 0.3) is 0 Å². The van der Waals surface area contributed by atoms with E-state index in [9.17, 15) is 4.57 Å². The molecule has 0 aliphatic heterocycles. The summed E-state index contributed by atoms with van der Waals surface area (Å²) in [4.78, 5) is 0. The third kappa shape index (κ3) is 4.52. The maximum atomic E-state index is 11.7. The Labute approximate surface area is 98.2 Å². The summed E-state index contributed by atoms with van der Waals surface area (Å²) in [6.07, 6.45) is 0.665. The van der Waals surface area contributed by atoms with Crippen LogP contribution in [0.4, 0.5) is 0 Å². The van der Waals surface area contributed by atoms with Gasteiger partial charge in [0.25, 0.3) is 0 Å². The molecule has 3 atom stereocenters. The Kier molecular flexibility index (Phi) is 6.15. The maximum Gasteiger partial charge on any atom is 0.491 e. The summed E-state index contributed by atoms with van der Waals surface area (Å²) in [6, 6.07) is 0. The minimum Gasteiger partial charge on any atom is -0.289 e. The van der Waals surface area contributed by atoms with Gasteiger partial charge in [-0.25, -0.2) is 15.1 Å². The molecule has 0 aliphatic rings. The van der Waals surface area contributed by atoms with Crippen LogP contribution >= 0.6 is 7.82 Å². The molecule has 98 valence electrons. The van der Waals surface area contributed by atoms with Gasteiger partial charge < -0.3 is 0 Å². The number of rotatable bonds is 6. The molecule has 0 rings (SSSR count). The largest absolute Gasteiger partial charge is 0.491 e. The van der Waals surface area contributed by atoms with Crippen molar-refractivity contribution < 1.29 is 18.2 Å². The van der Waals surface area contributed by atoms with Crippen molar-refractivity contribution in [3.05, 3.63) is 0 Å². The normalized spacial score (nSPS) is 20.2. The van der Waals surface area contributed by atoms with Crippen molar-refractivity contribution in [1.82, 2.24) is 0 Å². The molecule has 0 amide bonds. The fraction of sp³-hybridized carbons (Fsp3) is 1.00. The third-order valence-corrected chi connectivity index (χ3v) is 4.06. The van der Waals surface area contributed by atoms with E-state index in [1.54, 1.807) is 0 Å². The molecule has 2 N–H and O–H groups in total. The van der Waals surface area contributed by atoms with Crippen LogP contribution < -0.4 is 5.90 Å². The maximum absolute atomic E-state index is 11.7. The second-order valence-electron chi connectivity index (χ2n) is 4.93. The van der Waals surface area contributed by atoms with E-state index in [4.69, 9.17) is 10.4 Å². The van der Waals surface area contributed by atoms with E-state index in [1.807, 2.05) is 6.92 Å². The second kappa shape index (κ2) is 6.12. The molecule has 0 aromatic heterocycles. The molecule has 0 saturated carbocycles. The smallest absolute Gasteiger partial charge is 0.289 e. The Morgan fingerprint density at radius 2 is 1.88 bits per heavy atom. The first-order valence-electron chi connectivity index (χ1n) is 5.42. The molecule has 0 spiro atoms. The summed E-state index contributed by atoms with van der Waals surface area (Å²) >= 11 is 0. The number of hydrogen-bond donors (Lipinski definition) is 1. The first-order valence-corrected chi connectivity index (χ1v) is 6.89. The van der Waals surface area contributed by atoms with Crippen LogP contribution in [0.15, 0.2) is 0 Å². The molecule has 0 fully saturated rings. The Balaban J connectivity index is 4.67. The highest BCUT2D eigenvalue weighted by Crippen LogP contribution is 2.50. The van der Waals surface area contributed by atoms with Gasteiger partial charge >= 0.3 is 7.82 Å². The lowest BCUT2D eigenvalue weighted by atomic mass is 9.76. The highest BCUT2D eigenvalue weighted by molar-refractivity contribution is 7.48.